The summed E-state index contributed by atoms with van der Waals surface area (Å²) in [5, 5.41) is 6.33. The summed E-state index contributed by atoms with van der Waals surface area (Å²) in [6.45, 7) is 0. The Morgan fingerprint density at radius 1 is 0.291 bits per heavy atom. The predicted octanol–water partition coefficient (Wildman–Crippen LogP) is 12.4. The molecule has 55 heavy (non-hydrogen) atoms. The number of hydrogen-bond acceptors (Lipinski definition) is 6. The van der Waals surface area contributed by atoms with Crippen LogP contribution < -0.4 is 0 Å². The largest absolute Gasteiger partial charge is 0.254 e. The first-order valence-corrected chi connectivity index (χ1v) is 18.8. The molecule has 0 saturated carbocycles. The highest BCUT2D eigenvalue weighted by molar-refractivity contribution is 9.10. The fraction of sp³-hybridized carbons (Fsp3) is 0. The van der Waals surface area contributed by atoms with E-state index in [-0.39, 0.29) is 0 Å². The quantitative estimate of drug-likeness (QED) is 0.166. The van der Waals surface area contributed by atoms with Gasteiger partial charge in [0, 0.05) is 71.4 Å². The Balaban J connectivity index is 0.992. The van der Waals surface area contributed by atoms with E-state index in [1.54, 1.807) is 0 Å². The van der Waals surface area contributed by atoms with Gasteiger partial charge in [-0.3, -0.25) is 9.97 Å². The lowest BCUT2D eigenvalue weighted by Gasteiger charge is -2.11. The van der Waals surface area contributed by atoms with Crippen LogP contribution >= 0.6 is 15.9 Å². The maximum Gasteiger partial charge on any atom is 0.0972 e. The molecule has 0 atom stereocenters. The van der Waals surface area contributed by atoms with Gasteiger partial charge < -0.3 is 0 Å². The molecule has 0 radical (unpaired) electrons. The zero-order chi connectivity index (χ0) is 36.5. The minimum atomic E-state index is 0.853. The highest BCUT2D eigenvalue weighted by Crippen LogP contribution is 2.34. The standard InChI is InChI=1S/C48H27BrN6/c49-38-26-36(41-20-16-31-11-9-29-7-3-23-51-44(29)46(31)54-41)25-37(27-38)42-21-17-33-13-12-32-15-19-40(53-47(32)48(33)55-42)35-5-1-4-34(24-35)39-18-14-30-10-8-28-6-2-22-50-43(28)45(30)52-39/h1-27H. The molecule has 0 saturated heterocycles. The molecule has 11 aromatic rings. The van der Waals surface area contributed by atoms with Crippen LogP contribution in [0, 0.1) is 0 Å². The van der Waals surface area contributed by atoms with Crippen LogP contribution in [0.1, 0.15) is 0 Å². The van der Waals surface area contributed by atoms with Crippen LogP contribution in [0.3, 0.4) is 0 Å². The second kappa shape index (κ2) is 12.6. The van der Waals surface area contributed by atoms with Gasteiger partial charge in [0.1, 0.15) is 0 Å². The summed E-state index contributed by atoms with van der Waals surface area (Å²) < 4.78 is 0.948. The third-order valence-electron chi connectivity index (χ3n) is 10.3. The molecule has 0 bridgehead atoms. The summed E-state index contributed by atoms with van der Waals surface area (Å²) in [7, 11) is 0. The summed E-state index contributed by atoms with van der Waals surface area (Å²) in [6.07, 6.45) is 3.64. The van der Waals surface area contributed by atoms with Gasteiger partial charge >= 0.3 is 0 Å². The van der Waals surface area contributed by atoms with Gasteiger partial charge in [0.25, 0.3) is 0 Å². The van der Waals surface area contributed by atoms with Crippen LogP contribution in [0.25, 0.3) is 110 Å². The highest BCUT2D eigenvalue weighted by Gasteiger charge is 2.14. The molecule has 11 rings (SSSR count). The first-order valence-electron chi connectivity index (χ1n) is 18.0. The van der Waals surface area contributed by atoms with E-state index < -0.39 is 0 Å². The van der Waals surface area contributed by atoms with E-state index in [1.807, 2.05) is 24.5 Å². The van der Waals surface area contributed by atoms with Crippen LogP contribution in [-0.4, -0.2) is 29.9 Å². The molecule has 0 amide bonds. The predicted molar refractivity (Wildman–Crippen MR) is 228 cm³/mol. The number of aromatic nitrogens is 6. The van der Waals surface area contributed by atoms with Crippen LogP contribution in [0.5, 0.6) is 0 Å². The molecule has 0 fully saturated rings. The molecule has 0 spiro atoms. The molecule has 0 aliphatic carbocycles. The number of rotatable bonds is 4. The fourth-order valence-corrected chi connectivity index (χ4v) is 8.07. The minimum Gasteiger partial charge on any atom is -0.254 e. The monoisotopic (exact) mass is 766 g/mol. The smallest absolute Gasteiger partial charge is 0.0972 e. The molecular formula is C48H27BrN6. The van der Waals surface area contributed by atoms with E-state index >= 15 is 0 Å². The molecule has 0 unspecified atom stereocenters. The molecular weight excluding hydrogens is 740 g/mol. The summed E-state index contributed by atoms with van der Waals surface area (Å²) in [5.74, 6) is 0. The Morgan fingerprint density at radius 2 is 0.618 bits per heavy atom. The third-order valence-corrected chi connectivity index (χ3v) is 10.8. The van der Waals surface area contributed by atoms with E-state index in [0.717, 1.165) is 115 Å². The van der Waals surface area contributed by atoms with Gasteiger partial charge in [0.2, 0.25) is 0 Å². The van der Waals surface area contributed by atoms with Crippen LogP contribution in [0.4, 0.5) is 0 Å². The Kier molecular flexibility index (Phi) is 7.22. The molecule has 6 heterocycles. The average molecular weight is 768 g/mol. The SMILES string of the molecule is Brc1cc(-c2ccc3ccc4cccnc4c3n2)cc(-c2ccc3ccc4ccc(-c5cccc(-c6ccc7ccc8cccnc8c7n6)c5)nc4c3n2)c1. The number of nitrogens with zero attached hydrogens (tertiary/aromatic N) is 6. The Hall–Kier alpha value is -6.96. The molecule has 5 aromatic carbocycles. The van der Waals surface area contributed by atoms with E-state index in [1.165, 1.54) is 0 Å². The minimum absolute atomic E-state index is 0.853. The fourth-order valence-electron chi connectivity index (χ4n) is 7.58. The lowest BCUT2D eigenvalue weighted by atomic mass is 10.0. The molecule has 6 nitrogen and oxygen atoms in total. The van der Waals surface area contributed by atoms with Crippen molar-refractivity contribution in [2.75, 3.05) is 0 Å². The molecule has 256 valence electrons. The summed E-state index contributed by atoms with van der Waals surface area (Å²) in [6, 6.07) is 52.2. The van der Waals surface area contributed by atoms with Crippen molar-refractivity contribution in [3.63, 3.8) is 0 Å². The normalized spacial score (nSPS) is 11.7. The Labute approximate surface area is 323 Å². The molecule has 0 aliphatic rings. The second-order valence-corrected chi connectivity index (χ2v) is 14.6. The average Bonchev–Trinajstić information content (AvgIpc) is 3.25. The summed E-state index contributed by atoms with van der Waals surface area (Å²) in [5.41, 5.74) is 12.8. The molecule has 0 N–H and O–H groups in total. The lowest BCUT2D eigenvalue weighted by molar-refractivity contribution is 1.35. The maximum atomic E-state index is 5.26. The molecule has 0 aliphatic heterocycles. The topological polar surface area (TPSA) is 77.3 Å². The third kappa shape index (κ3) is 5.47. The first-order chi connectivity index (χ1) is 27.1. The van der Waals surface area contributed by atoms with E-state index in [0.29, 0.717) is 0 Å². The Morgan fingerprint density at radius 3 is 1.04 bits per heavy atom. The van der Waals surface area contributed by atoms with Crippen molar-refractivity contribution >= 4 is 81.3 Å². The Bertz CT molecular complexity index is 3360. The van der Waals surface area contributed by atoms with Crippen LogP contribution in [0.2, 0.25) is 0 Å². The zero-order valence-corrected chi connectivity index (χ0v) is 30.7. The number of fused-ring (bicyclic) bond motifs is 9. The van der Waals surface area contributed by atoms with Gasteiger partial charge in [-0.15, -0.1) is 0 Å². The summed E-state index contributed by atoms with van der Waals surface area (Å²) in [4.78, 5) is 30.0. The number of benzene rings is 5. The van der Waals surface area contributed by atoms with Crippen molar-refractivity contribution in [1.29, 1.82) is 0 Å². The molecule has 6 aromatic heterocycles. The molecule has 7 heteroatoms. The first kappa shape index (κ1) is 31.6. The van der Waals surface area contributed by atoms with E-state index in [2.05, 4.69) is 165 Å². The van der Waals surface area contributed by atoms with E-state index in [4.69, 9.17) is 19.9 Å². The summed E-state index contributed by atoms with van der Waals surface area (Å²) >= 11 is 3.78. The zero-order valence-electron chi connectivity index (χ0n) is 29.1. The maximum absolute atomic E-state index is 5.26. The van der Waals surface area contributed by atoms with Crippen molar-refractivity contribution in [2.45, 2.75) is 0 Å². The van der Waals surface area contributed by atoms with Gasteiger partial charge in [-0.25, -0.2) is 19.9 Å². The lowest BCUT2D eigenvalue weighted by Crippen LogP contribution is -1.93. The number of halogens is 1. The van der Waals surface area contributed by atoms with Crippen LogP contribution in [0.15, 0.2) is 169 Å². The van der Waals surface area contributed by atoms with Gasteiger partial charge in [-0.1, -0.05) is 107 Å². The van der Waals surface area contributed by atoms with Crippen molar-refractivity contribution in [2.24, 2.45) is 0 Å². The van der Waals surface area contributed by atoms with E-state index in [9.17, 15) is 0 Å². The number of pyridine rings is 6. The van der Waals surface area contributed by atoms with Crippen LogP contribution in [-0.2, 0) is 0 Å². The van der Waals surface area contributed by atoms with Gasteiger partial charge in [0.05, 0.1) is 55.9 Å². The van der Waals surface area contributed by atoms with Crippen molar-refractivity contribution in [3.05, 3.63) is 169 Å². The van der Waals surface area contributed by atoms with Crippen molar-refractivity contribution in [1.82, 2.24) is 29.9 Å². The number of hydrogen-bond donors (Lipinski definition) is 0. The van der Waals surface area contributed by atoms with Gasteiger partial charge in [-0.2, -0.15) is 0 Å². The van der Waals surface area contributed by atoms with Crippen molar-refractivity contribution < 1.29 is 0 Å². The highest BCUT2D eigenvalue weighted by atomic mass is 79.9. The van der Waals surface area contributed by atoms with Gasteiger partial charge in [-0.05, 0) is 60.7 Å². The van der Waals surface area contributed by atoms with Crippen molar-refractivity contribution in [3.8, 4) is 45.0 Å². The van der Waals surface area contributed by atoms with Gasteiger partial charge in [0.15, 0.2) is 0 Å². The second-order valence-electron chi connectivity index (χ2n) is 13.7.